The predicted molar refractivity (Wildman–Crippen MR) is 124 cm³/mol. The molecule has 0 aliphatic rings. The highest BCUT2D eigenvalue weighted by Crippen LogP contribution is 2.28. The van der Waals surface area contributed by atoms with Crippen molar-refractivity contribution in [1.82, 2.24) is 0 Å². The number of esters is 2. The van der Waals surface area contributed by atoms with Crippen molar-refractivity contribution in [2.24, 2.45) is 0 Å². The zero-order valence-electron chi connectivity index (χ0n) is 18.8. The molecule has 0 aliphatic heterocycles. The van der Waals surface area contributed by atoms with E-state index >= 15 is 0 Å². The molecule has 4 aromatic rings. The fourth-order valence-electron chi connectivity index (χ4n) is 3.44. The fraction of sp³-hybridized carbons (Fsp3) is 0.0357. The highest BCUT2D eigenvalue weighted by Gasteiger charge is 2.16. The molecule has 0 saturated heterocycles. The van der Waals surface area contributed by atoms with Crippen LogP contribution in [-0.4, -0.2) is 11.9 Å². The smallest absolute Gasteiger partial charge is 0.322 e. The standard InChI is InChI=1S/C28H15F4NO4/c29-19-5-1-17(2-6-19)22-10-9-21(13-26(22)32)37-28(35)14-27(34)36-20-7-3-16(4-8-20)18-11-24(30)23(15-33)25(31)12-18/h1-13H,14H2. The van der Waals surface area contributed by atoms with E-state index in [9.17, 15) is 27.2 Å². The van der Waals surface area contributed by atoms with Crippen LogP contribution in [0, 0.1) is 34.6 Å². The topological polar surface area (TPSA) is 76.4 Å². The van der Waals surface area contributed by atoms with Crippen LogP contribution in [0.4, 0.5) is 17.6 Å². The lowest BCUT2D eigenvalue weighted by atomic mass is 10.0. The van der Waals surface area contributed by atoms with E-state index in [2.05, 4.69) is 0 Å². The van der Waals surface area contributed by atoms with Crippen LogP contribution in [0.15, 0.2) is 78.9 Å². The molecule has 0 fully saturated rings. The van der Waals surface area contributed by atoms with Crippen molar-refractivity contribution in [1.29, 1.82) is 5.26 Å². The van der Waals surface area contributed by atoms with Gasteiger partial charge in [-0.3, -0.25) is 9.59 Å². The molecule has 0 unspecified atom stereocenters. The van der Waals surface area contributed by atoms with Crippen molar-refractivity contribution >= 4 is 11.9 Å². The largest absolute Gasteiger partial charge is 0.426 e. The van der Waals surface area contributed by atoms with Gasteiger partial charge >= 0.3 is 11.9 Å². The Morgan fingerprint density at radius 3 is 1.76 bits per heavy atom. The summed E-state index contributed by atoms with van der Waals surface area (Å²) in [6, 6.07) is 17.9. The van der Waals surface area contributed by atoms with Crippen molar-refractivity contribution in [2.75, 3.05) is 0 Å². The lowest BCUT2D eigenvalue weighted by molar-refractivity contribution is -0.144. The average Bonchev–Trinajstić information content (AvgIpc) is 2.85. The van der Waals surface area contributed by atoms with Crippen molar-refractivity contribution in [3.8, 4) is 39.8 Å². The number of carbonyl (C=O) groups is 2. The summed E-state index contributed by atoms with van der Waals surface area (Å²) in [4.78, 5) is 24.2. The van der Waals surface area contributed by atoms with E-state index in [0.717, 1.165) is 18.2 Å². The van der Waals surface area contributed by atoms with E-state index in [-0.39, 0.29) is 22.6 Å². The van der Waals surface area contributed by atoms with Gasteiger partial charge < -0.3 is 9.47 Å². The minimum Gasteiger partial charge on any atom is -0.426 e. The van der Waals surface area contributed by atoms with Crippen LogP contribution >= 0.6 is 0 Å². The summed E-state index contributed by atoms with van der Waals surface area (Å²) in [5.41, 5.74) is 0.489. The van der Waals surface area contributed by atoms with Crippen LogP contribution < -0.4 is 9.47 Å². The Morgan fingerprint density at radius 2 is 1.19 bits per heavy atom. The Balaban J connectivity index is 1.35. The van der Waals surface area contributed by atoms with Crippen LogP contribution in [0.5, 0.6) is 11.5 Å². The molecule has 4 rings (SSSR count). The summed E-state index contributed by atoms with van der Waals surface area (Å²) in [5.74, 6) is -5.18. The van der Waals surface area contributed by atoms with Gasteiger partial charge in [-0.05, 0) is 65.2 Å². The van der Waals surface area contributed by atoms with Gasteiger partial charge in [-0.2, -0.15) is 5.26 Å². The first-order chi connectivity index (χ1) is 17.7. The van der Waals surface area contributed by atoms with Gasteiger partial charge in [0, 0.05) is 11.6 Å². The second kappa shape index (κ2) is 10.7. The monoisotopic (exact) mass is 505 g/mol. The number of halogens is 4. The summed E-state index contributed by atoms with van der Waals surface area (Å²) in [7, 11) is 0. The van der Waals surface area contributed by atoms with Gasteiger partial charge in [0.1, 0.15) is 52.8 Å². The van der Waals surface area contributed by atoms with Gasteiger partial charge in [0.2, 0.25) is 0 Å². The van der Waals surface area contributed by atoms with E-state index in [1.54, 1.807) is 0 Å². The van der Waals surface area contributed by atoms with Crippen molar-refractivity contribution in [3.05, 3.63) is 108 Å². The van der Waals surface area contributed by atoms with Crippen LogP contribution in [0.1, 0.15) is 12.0 Å². The van der Waals surface area contributed by atoms with Crippen LogP contribution in [-0.2, 0) is 9.59 Å². The number of ether oxygens (including phenoxy) is 2. The summed E-state index contributed by atoms with van der Waals surface area (Å²) in [6.07, 6.45) is -0.769. The Labute approximate surface area is 208 Å². The molecule has 0 aromatic heterocycles. The van der Waals surface area contributed by atoms with E-state index in [4.69, 9.17) is 14.7 Å². The Morgan fingerprint density at radius 1 is 0.649 bits per heavy atom. The summed E-state index contributed by atoms with van der Waals surface area (Å²) >= 11 is 0. The maximum atomic E-state index is 14.4. The first-order valence-electron chi connectivity index (χ1n) is 10.7. The minimum absolute atomic E-state index is 0.0610. The molecular weight excluding hydrogens is 490 g/mol. The molecule has 37 heavy (non-hydrogen) atoms. The van der Waals surface area contributed by atoms with Crippen molar-refractivity contribution < 1.29 is 36.6 Å². The lowest BCUT2D eigenvalue weighted by Gasteiger charge is -2.09. The molecular formula is C28H15F4NO4. The molecule has 0 bridgehead atoms. The SMILES string of the molecule is N#Cc1c(F)cc(-c2ccc(OC(=O)CC(=O)Oc3ccc(-c4ccc(F)cc4)c(F)c3)cc2)cc1F. The predicted octanol–water partition coefficient (Wildman–Crippen LogP) is 6.35. The average molecular weight is 505 g/mol. The third kappa shape index (κ3) is 6.00. The summed E-state index contributed by atoms with van der Waals surface area (Å²) < 4.78 is 65.3. The molecule has 0 saturated carbocycles. The lowest BCUT2D eigenvalue weighted by Crippen LogP contribution is -2.18. The third-order valence-corrected chi connectivity index (χ3v) is 5.19. The molecule has 184 valence electrons. The van der Waals surface area contributed by atoms with Gasteiger partial charge in [0.15, 0.2) is 0 Å². The molecule has 0 amide bonds. The van der Waals surface area contributed by atoms with Gasteiger partial charge in [0.25, 0.3) is 0 Å². The van der Waals surface area contributed by atoms with Crippen molar-refractivity contribution in [3.63, 3.8) is 0 Å². The summed E-state index contributed by atoms with van der Waals surface area (Å²) in [6.45, 7) is 0. The van der Waals surface area contributed by atoms with Crippen LogP contribution in [0.2, 0.25) is 0 Å². The number of rotatable bonds is 6. The molecule has 5 nitrogen and oxygen atoms in total. The first kappa shape index (κ1) is 25.1. The third-order valence-electron chi connectivity index (χ3n) is 5.19. The Bertz CT molecular complexity index is 1500. The number of nitrogens with zero attached hydrogens (tertiary/aromatic N) is 1. The van der Waals surface area contributed by atoms with E-state index in [1.807, 2.05) is 0 Å². The number of nitriles is 1. The van der Waals surface area contributed by atoms with E-state index in [1.165, 1.54) is 66.7 Å². The normalized spacial score (nSPS) is 10.5. The molecule has 0 N–H and O–H groups in total. The number of hydrogen-bond acceptors (Lipinski definition) is 5. The number of hydrogen-bond donors (Lipinski definition) is 0. The zero-order valence-corrected chi connectivity index (χ0v) is 18.8. The molecule has 0 spiro atoms. The Kier molecular flexibility index (Phi) is 7.30. The highest BCUT2D eigenvalue weighted by atomic mass is 19.1. The first-order valence-corrected chi connectivity index (χ1v) is 10.7. The summed E-state index contributed by atoms with van der Waals surface area (Å²) in [5, 5.41) is 8.76. The molecule has 9 heteroatoms. The molecule has 0 heterocycles. The molecule has 4 aromatic carbocycles. The quantitative estimate of drug-likeness (QED) is 0.132. The van der Waals surface area contributed by atoms with Gasteiger partial charge in [0.05, 0.1) is 0 Å². The maximum Gasteiger partial charge on any atom is 0.322 e. The van der Waals surface area contributed by atoms with Gasteiger partial charge in [-0.1, -0.05) is 24.3 Å². The minimum atomic E-state index is -1.00. The second-order valence-electron chi connectivity index (χ2n) is 7.72. The number of benzene rings is 4. The fourth-order valence-corrected chi connectivity index (χ4v) is 3.44. The number of carbonyl (C=O) groups excluding carboxylic acids is 2. The molecule has 0 atom stereocenters. The van der Waals surface area contributed by atoms with E-state index in [0.29, 0.717) is 11.1 Å². The van der Waals surface area contributed by atoms with Crippen LogP contribution in [0.3, 0.4) is 0 Å². The highest BCUT2D eigenvalue weighted by molar-refractivity contribution is 5.93. The molecule has 0 aliphatic carbocycles. The van der Waals surface area contributed by atoms with Gasteiger partial charge in [-0.15, -0.1) is 0 Å². The van der Waals surface area contributed by atoms with E-state index < -0.39 is 47.2 Å². The zero-order chi connectivity index (χ0) is 26.5. The van der Waals surface area contributed by atoms with Crippen LogP contribution in [0.25, 0.3) is 22.3 Å². The Hall–Kier alpha value is -4.97. The molecule has 0 radical (unpaired) electrons. The van der Waals surface area contributed by atoms with Crippen molar-refractivity contribution in [2.45, 2.75) is 6.42 Å². The maximum absolute atomic E-state index is 14.4. The second-order valence-corrected chi connectivity index (χ2v) is 7.72. The van der Waals surface area contributed by atoms with Gasteiger partial charge in [-0.25, -0.2) is 17.6 Å².